The molecule has 16 heavy (non-hydrogen) atoms. The molecule has 1 saturated heterocycles. The zero-order valence-corrected chi connectivity index (χ0v) is 10.5. The van der Waals surface area contributed by atoms with Crippen LogP contribution in [0.1, 0.15) is 33.1 Å². The minimum atomic E-state index is 0.244. The second-order valence-electron chi connectivity index (χ2n) is 5.23. The van der Waals surface area contributed by atoms with Gasteiger partial charge in [0.15, 0.2) is 0 Å². The Balaban J connectivity index is 2.08. The Bertz CT molecular complexity index is 179. The van der Waals surface area contributed by atoms with Gasteiger partial charge >= 0.3 is 0 Å². The Morgan fingerprint density at radius 1 is 1.44 bits per heavy atom. The summed E-state index contributed by atoms with van der Waals surface area (Å²) >= 11 is 0. The van der Waals surface area contributed by atoms with E-state index in [9.17, 15) is 0 Å². The summed E-state index contributed by atoms with van der Waals surface area (Å²) in [5, 5.41) is 12.2. The molecule has 1 atom stereocenters. The Labute approximate surface area is 98.3 Å². The number of aliphatic hydroxyl groups excluding tert-OH is 1. The first-order valence-electron chi connectivity index (χ1n) is 6.15. The van der Waals surface area contributed by atoms with E-state index in [-0.39, 0.29) is 12.0 Å². The molecule has 1 heterocycles. The molecule has 1 fully saturated rings. The van der Waals surface area contributed by atoms with Crippen molar-refractivity contribution in [3.8, 4) is 0 Å². The third-order valence-electron chi connectivity index (χ3n) is 2.96. The lowest BCUT2D eigenvalue weighted by molar-refractivity contribution is -0.137. The van der Waals surface area contributed by atoms with E-state index in [1.807, 2.05) is 0 Å². The average molecular weight is 231 g/mol. The summed E-state index contributed by atoms with van der Waals surface area (Å²) in [7, 11) is 0. The van der Waals surface area contributed by atoms with E-state index >= 15 is 0 Å². The second-order valence-corrected chi connectivity index (χ2v) is 5.23. The lowest BCUT2D eigenvalue weighted by Crippen LogP contribution is -2.38. The molecule has 1 unspecified atom stereocenters. The molecule has 0 aromatic carbocycles. The SMILES string of the molecule is CC(C)(CCCO)CNCC1CCOCO1. The summed E-state index contributed by atoms with van der Waals surface area (Å²) in [5.74, 6) is 0. The van der Waals surface area contributed by atoms with Gasteiger partial charge in [0.25, 0.3) is 0 Å². The predicted octanol–water partition coefficient (Wildman–Crippen LogP) is 1.14. The van der Waals surface area contributed by atoms with Gasteiger partial charge in [-0.2, -0.15) is 0 Å². The van der Waals surface area contributed by atoms with E-state index in [0.29, 0.717) is 12.9 Å². The van der Waals surface area contributed by atoms with Crippen molar-refractivity contribution < 1.29 is 14.6 Å². The number of aliphatic hydroxyl groups is 1. The van der Waals surface area contributed by atoms with Gasteiger partial charge in [0.05, 0.1) is 12.7 Å². The number of hydrogen-bond donors (Lipinski definition) is 2. The average Bonchev–Trinajstić information content (AvgIpc) is 2.28. The van der Waals surface area contributed by atoms with Crippen molar-refractivity contribution in [3.05, 3.63) is 0 Å². The maximum Gasteiger partial charge on any atom is 0.147 e. The molecule has 4 heteroatoms. The van der Waals surface area contributed by atoms with E-state index in [0.717, 1.165) is 39.0 Å². The largest absolute Gasteiger partial charge is 0.396 e. The summed E-state index contributed by atoms with van der Waals surface area (Å²) in [6, 6.07) is 0. The molecule has 0 aliphatic carbocycles. The molecule has 0 amide bonds. The monoisotopic (exact) mass is 231 g/mol. The molecule has 0 aromatic heterocycles. The van der Waals surface area contributed by atoms with E-state index in [2.05, 4.69) is 19.2 Å². The molecule has 0 spiro atoms. The highest BCUT2D eigenvalue weighted by Gasteiger charge is 2.19. The van der Waals surface area contributed by atoms with Crippen LogP contribution in [0.4, 0.5) is 0 Å². The van der Waals surface area contributed by atoms with E-state index in [4.69, 9.17) is 14.6 Å². The topological polar surface area (TPSA) is 50.7 Å². The lowest BCUT2D eigenvalue weighted by Gasteiger charge is -2.28. The first kappa shape index (κ1) is 13.9. The van der Waals surface area contributed by atoms with Crippen LogP contribution in [0.15, 0.2) is 0 Å². The smallest absolute Gasteiger partial charge is 0.147 e. The summed E-state index contributed by atoms with van der Waals surface area (Å²) < 4.78 is 10.6. The van der Waals surface area contributed by atoms with Crippen LogP contribution in [0.2, 0.25) is 0 Å². The van der Waals surface area contributed by atoms with Crippen LogP contribution < -0.4 is 5.32 Å². The molecule has 0 saturated carbocycles. The second kappa shape index (κ2) is 7.22. The molecule has 0 radical (unpaired) electrons. The molecule has 2 N–H and O–H groups in total. The van der Waals surface area contributed by atoms with Crippen LogP contribution in [0.25, 0.3) is 0 Å². The van der Waals surface area contributed by atoms with Crippen molar-refractivity contribution in [3.63, 3.8) is 0 Å². The zero-order chi connectivity index (χ0) is 11.9. The first-order chi connectivity index (χ1) is 7.64. The standard InChI is InChI=1S/C12H25NO3/c1-12(2,5-3-6-14)9-13-8-11-4-7-15-10-16-11/h11,13-14H,3-10H2,1-2H3. The highest BCUT2D eigenvalue weighted by atomic mass is 16.7. The number of nitrogens with one attached hydrogen (secondary N) is 1. The van der Waals surface area contributed by atoms with Crippen LogP contribution in [-0.2, 0) is 9.47 Å². The molecular weight excluding hydrogens is 206 g/mol. The van der Waals surface area contributed by atoms with Crippen LogP contribution in [-0.4, -0.2) is 44.3 Å². The fourth-order valence-electron chi connectivity index (χ4n) is 1.88. The molecule has 0 aromatic rings. The first-order valence-corrected chi connectivity index (χ1v) is 6.15. The molecular formula is C12H25NO3. The van der Waals surface area contributed by atoms with Crippen molar-refractivity contribution in [1.29, 1.82) is 0 Å². The van der Waals surface area contributed by atoms with Gasteiger partial charge in [-0.25, -0.2) is 0 Å². The van der Waals surface area contributed by atoms with Crippen LogP contribution in [0.3, 0.4) is 0 Å². The normalized spacial score (nSPS) is 22.3. The van der Waals surface area contributed by atoms with Gasteiger partial charge in [-0.15, -0.1) is 0 Å². The fraction of sp³-hybridized carbons (Fsp3) is 1.00. The van der Waals surface area contributed by atoms with E-state index in [1.54, 1.807) is 0 Å². The summed E-state index contributed by atoms with van der Waals surface area (Å²) in [4.78, 5) is 0. The van der Waals surface area contributed by atoms with Crippen molar-refractivity contribution >= 4 is 0 Å². The highest BCUT2D eigenvalue weighted by Crippen LogP contribution is 2.20. The predicted molar refractivity (Wildman–Crippen MR) is 63.3 cm³/mol. The van der Waals surface area contributed by atoms with Crippen molar-refractivity contribution in [1.82, 2.24) is 5.32 Å². The van der Waals surface area contributed by atoms with Gasteiger partial charge in [0.2, 0.25) is 0 Å². The van der Waals surface area contributed by atoms with Crippen LogP contribution in [0, 0.1) is 5.41 Å². The number of ether oxygens (including phenoxy) is 2. The van der Waals surface area contributed by atoms with E-state index < -0.39 is 0 Å². The maximum absolute atomic E-state index is 8.80. The molecule has 96 valence electrons. The Kier molecular flexibility index (Phi) is 6.28. The van der Waals surface area contributed by atoms with Gasteiger partial charge in [0, 0.05) is 19.7 Å². The minimum absolute atomic E-state index is 0.244. The summed E-state index contributed by atoms with van der Waals surface area (Å²) in [6.45, 7) is 7.83. The van der Waals surface area contributed by atoms with Gasteiger partial charge in [-0.1, -0.05) is 13.8 Å². The maximum atomic E-state index is 8.80. The van der Waals surface area contributed by atoms with Gasteiger partial charge in [-0.3, -0.25) is 0 Å². The lowest BCUT2D eigenvalue weighted by atomic mass is 9.88. The zero-order valence-electron chi connectivity index (χ0n) is 10.5. The molecule has 4 nitrogen and oxygen atoms in total. The van der Waals surface area contributed by atoms with Gasteiger partial charge in [0.1, 0.15) is 6.79 Å². The van der Waals surface area contributed by atoms with E-state index in [1.165, 1.54) is 0 Å². The third kappa shape index (κ3) is 5.80. The van der Waals surface area contributed by atoms with Gasteiger partial charge < -0.3 is 19.9 Å². The highest BCUT2D eigenvalue weighted by molar-refractivity contribution is 4.73. The minimum Gasteiger partial charge on any atom is -0.396 e. The van der Waals surface area contributed by atoms with Crippen LogP contribution >= 0.6 is 0 Å². The van der Waals surface area contributed by atoms with Crippen LogP contribution in [0.5, 0.6) is 0 Å². The Morgan fingerprint density at radius 2 is 2.25 bits per heavy atom. The number of rotatable bonds is 7. The fourth-order valence-corrected chi connectivity index (χ4v) is 1.88. The molecule has 0 bridgehead atoms. The third-order valence-corrected chi connectivity index (χ3v) is 2.96. The Hall–Kier alpha value is -0.160. The van der Waals surface area contributed by atoms with Crippen molar-refractivity contribution in [2.24, 2.45) is 5.41 Å². The quantitative estimate of drug-likeness (QED) is 0.690. The summed E-state index contributed by atoms with van der Waals surface area (Å²) in [5.41, 5.74) is 0.244. The van der Waals surface area contributed by atoms with Gasteiger partial charge in [-0.05, 0) is 24.7 Å². The summed E-state index contributed by atoms with van der Waals surface area (Å²) in [6.07, 6.45) is 3.19. The number of hydrogen-bond acceptors (Lipinski definition) is 4. The molecule has 1 aliphatic heterocycles. The molecule has 1 aliphatic rings. The Morgan fingerprint density at radius 3 is 2.88 bits per heavy atom. The van der Waals surface area contributed by atoms with Crippen molar-refractivity contribution in [2.75, 3.05) is 33.1 Å². The molecule has 1 rings (SSSR count). The van der Waals surface area contributed by atoms with Crippen molar-refractivity contribution in [2.45, 2.75) is 39.2 Å².